The van der Waals surface area contributed by atoms with Gasteiger partial charge in [0.2, 0.25) is 0 Å². The van der Waals surface area contributed by atoms with Crippen LogP contribution >= 0.6 is 11.3 Å². The summed E-state index contributed by atoms with van der Waals surface area (Å²) in [5.74, 6) is 0. The third-order valence-electron chi connectivity index (χ3n) is 1.14. The highest BCUT2D eigenvalue weighted by Gasteiger charge is 2.00. The van der Waals surface area contributed by atoms with Crippen LogP contribution in [0.1, 0.15) is 5.69 Å². The van der Waals surface area contributed by atoms with Gasteiger partial charge in [-0.25, -0.2) is 4.98 Å². The molecule has 1 heterocycles. The fourth-order valence-electron chi connectivity index (χ4n) is 0.639. The highest BCUT2D eigenvalue weighted by atomic mass is 32.1. The van der Waals surface area contributed by atoms with Crippen molar-refractivity contribution < 1.29 is 0 Å². The first-order valence-corrected chi connectivity index (χ1v) is 3.90. The molecule has 0 saturated carbocycles. The van der Waals surface area contributed by atoms with E-state index in [2.05, 4.69) is 4.98 Å². The minimum atomic E-state index is -0.179. The van der Waals surface area contributed by atoms with Crippen molar-refractivity contribution in [3.05, 3.63) is 16.6 Å². The van der Waals surface area contributed by atoms with Gasteiger partial charge in [-0.3, -0.25) is 0 Å². The molecule has 0 aliphatic rings. The third-order valence-corrected chi connectivity index (χ3v) is 1.78. The van der Waals surface area contributed by atoms with Crippen LogP contribution in [0.4, 0.5) is 0 Å². The molecule has 0 aromatic carbocycles. The highest BCUT2D eigenvalue weighted by Crippen LogP contribution is 2.01. The lowest BCUT2D eigenvalue weighted by atomic mass is 10.2. The SMILES string of the molecule is N=CC(N)Cc1cscn1. The monoisotopic (exact) mass is 155 g/mol. The predicted octanol–water partition coefficient (Wildman–Crippen LogP) is 0.662. The number of thiazole rings is 1. The van der Waals surface area contributed by atoms with Gasteiger partial charge in [-0.2, -0.15) is 0 Å². The van der Waals surface area contributed by atoms with E-state index in [1.165, 1.54) is 6.21 Å². The molecule has 54 valence electrons. The lowest BCUT2D eigenvalue weighted by molar-refractivity contribution is 0.839. The van der Waals surface area contributed by atoms with Crippen molar-refractivity contribution in [1.82, 2.24) is 4.98 Å². The van der Waals surface area contributed by atoms with Gasteiger partial charge in [0.1, 0.15) is 0 Å². The van der Waals surface area contributed by atoms with E-state index in [-0.39, 0.29) is 6.04 Å². The Kier molecular flexibility index (Phi) is 2.53. The average molecular weight is 155 g/mol. The second-order valence-corrected chi connectivity index (χ2v) is 2.73. The van der Waals surface area contributed by atoms with Gasteiger partial charge in [-0.15, -0.1) is 11.3 Å². The van der Waals surface area contributed by atoms with Gasteiger partial charge in [0.25, 0.3) is 0 Å². The summed E-state index contributed by atoms with van der Waals surface area (Å²) in [4.78, 5) is 4.04. The van der Waals surface area contributed by atoms with E-state index in [1.807, 2.05) is 5.38 Å². The zero-order valence-corrected chi connectivity index (χ0v) is 6.27. The molecular formula is C6H9N3S. The zero-order valence-electron chi connectivity index (χ0n) is 5.45. The summed E-state index contributed by atoms with van der Waals surface area (Å²) in [6, 6.07) is -0.179. The first kappa shape index (κ1) is 7.37. The van der Waals surface area contributed by atoms with Crippen molar-refractivity contribution in [2.75, 3.05) is 0 Å². The van der Waals surface area contributed by atoms with Gasteiger partial charge in [0.05, 0.1) is 11.2 Å². The predicted molar refractivity (Wildman–Crippen MR) is 42.6 cm³/mol. The Bertz CT molecular complexity index is 195. The van der Waals surface area contributed by atoms with Crippen LogP contribution in [0.3, 0.4) is 0 Å². The Morgan fingerprint density at radius 2 is 2.70 bits per heavy atom. The summed E-state index contributed by atoms with van der Waals surface area (Å²) in [5, 5.41) is 8.78. The quantitative estimate of drug-likeness (QED) is 0.630. The highest BCUT2D eigenvalue weighted by molar-refractivity contribution is 7.07. The van der Waals surface area contributed by atoms with Gasteiger partial charge in [-0.1, -0.05) is 0 Å². The Hall–Kier alpha value is -0.740. The van der Waals surface area contributed by atoms with Crippen molar-refractivity contribution in [3.8, 4) is 0 Å². The van der Waals surface area contributed by atoms with E-state index in [0.29, 0.717) is 6.42 Å². The Labute approximate surface area is 63.4 Å². The van der Waals surface area contributed by atoms with Gasteiger partial charge < -0.3 is 11.1 Å². The molecule has 0 radical (unpaired) electrons. The third kappa shape index (κ3) is 1.89. The maximum absolute atomic E-state index is 6.84. The molecule has 1 rings (SSSR count). The van der Waals surface area contributed by atoms with Crippen molar-refractivity contribution in [1.29, 1.82) is 5.41 Å². The summed E-state index contributed by atoms with van der Waals surface area (Å²) >= 11 is 1.55. The fraction of sp³-hybridized carbons (Fsp3) is 0.333. The van der Waals surface area contributed by atoms with Crippen molar-refractivity contribution in [3.63, 3.8) is 0 Å². The van der Waals surface area contributed by atoms with E-state index in [1.54, 1.807) is 16.8 Å². The summed E-state index contributed by atoms with van der Waals surface area (Å²) in [6.45, 7) is 0. The fourth-order valence-corrected chi connectivity index (χ4v) is 1.21. The van der Waals surface area contributed by atoms with E-state index in [0.717, 1.165) is 5.69 Å². The summed E-state index contributed by atoms with van der Waals surface area (Å²) in [7, 11) is 0. The van der Waals surface area contributed by atoms with Crippen LogP contribution in [0, 0.1) is 5.41 Å². The van der Waals surface area contributed by atoms with Crippen LogP contribution in [0.15, 0.2) is 10.9 Å². The van der Waals surface area contributed by atoms with E-state index < -0.39 is 0 Å². The van der Waals surface area contributed by atoms with Crippen molar-refractivity contribution >= 4 is 17.6 Å². The number of nitrogens with zero attached hydrogens (tertiary/aromatic N) is 1. The largest absolute Gasteiger partial charge is 0.323 e. The minimum Gasteiger partial charge on any atom is -0.323 e. The van der Waals surface area contributed by atoms with Gasteiger partial charge in [0.15, 0.2) is 0 Å². The normalized spacial score (nSPS) is 12.9. The van der Waals surface area contributed by atoms with Crippen LogP contribution in [0.25, 0.3) is 0 Å². The molecule has 10 heavy (non-hydrogen) atoms. The first-order valence-electron chi connectivity index (χ1n) is 2.96. The standard InChI is InChI=1S/C6H9N3S/c7-2-5(8)1-6-3-10-4-9-6/h2-5,7H,1,8H2. The summed E-state index contributed by atoms with van der Waals surface area (Å²) in [6.07, 6.45) is 1.91. The van der Waals surface area contributed by atoms with Crippen LogP contribution in [-0.2, 0) is 6.42 Å². The molecule has 0 bridgehead atoms. The van der Waals surface area contributed by atoms with Gasteiger partial charge in [-0.05, 0) is 0 Å². The summed E-state index contributed by atoms with van der Waals surface area (Å²) < 4.78 is 0. The van der Waals surface area contributed by atoms with Crippen LogP contribution in [-0.4, -0.2) is 17.2 Å². The molecular weight excluding hydrogens is 146 g/mol. The second-order valence-electron chi connectivity index (χ2n) is 2.01. The Morgan fingerprint density at radius 1 is 1.90 bits per heavy atom. The molecule has 1 unspecified atom stereocenters. The molecule has 0 spiro atoms. The number of hydrogen-bond donors (Lipinski definition) is 2. The Balaban J connectivity index is 2.47. The number of nitrogens with one attached hydrogen (secondary N) is 1. The number of aromatic nitrogens is 1. The second kappa shape index (κ2) is 3.43. The van der Waals surface area contributed by atoms with Crippen LogP contribution in [0.5, 0.6) is 0 Å². The molecule has 1 aromatic rings. The van der Waals surface area contributed by atoms with Crippen LogP contribution < -0.4 is 5.73 Å². The lowest BCUT2D eigenvalue weighted by Gasteiger charge is -1.99. The molecule has 1 atom stereocenters. The molecule has 4 heteroatoms. The molecule has 0 saturated heterocycles. The number of rotatable bonds is 3. The van der Waals surface area contributed by atoms with Crippen molar-refractivity contribution in [2.24, 2.45) is 5.73 Å². The lowest BCUT2D eigenvalue weighted by Crippen LogP contribution is -2.23. The zero-order chi connectivity index (χ0) is 7.40. The topological polar surface area (TPSA) is 62.8 Å². The van der Waals surface area contributed by atoms with Gasteiger partial charge >= 0.3 is 0 Å². The van der Waals surface area contributed by atoms with E-state index >= 15 is 0 Å². The molecule has 1 aromatic heterocycles. The van der Waals surface area contributed by atoms with E-state index in [4.69, 9.17) is 11.1 Å². The smallest absolute Gasteiger partial charge is 0.0794 e. The minimum absolute atomic E-state index is 0.179. The molecule has 0 aliphatic heterocycles. The number of nitrogens with two attached hydrogens (primary N) is 1. The molecule has 3 nitrogen and oxygen atoms in total. The van der Waals surface area contributed by atoms with Crippen LogP contribution in [0.2, 0.25) is 0 Å². The maximum Gasteiger partial charge on any atom is 0.0794 e. The number of hydrogen-bond acceptors (Lipinski definition) is 4. The summed E-state index contributed by atoms with van der Waals surface area (Å²) in [5.41, 5.74) is 8.23. The van der Waals surface area contributed by atoms with E-state index in [9.17, 15) is 0 Å². The molecule has 0 amide bonds. The average Bonchev–Trinajstić information content (AvgIpc) is 2.40. The first-order chi connectivity index (χ1) is 4.83. The molecule has 0 aliphatic carbocycles. The molecule has 3 N–H and O–H groups in total. The van der Waals surface area contributed by atoms with Crippen molar-refractivity contribution in [2.45, 2.75) is 12.5 Å². The van der Waals surface area contributed by atoms with Gasteiger partial charge in [0, 0.05) is 24.1 Å². The Morgan fingerprint density at radius 3 is 3.20 bits per heavy atom. The maximum atomic E-state index is 6.84. The molecule has 0 fully saturated rings.